The first kappa shape index (κ1) is 14.0. The average Bonchev–Trinajstić information content (AvgIpc) is 2.96. The minimum Gasteiger partial charge on any atom is -0.546 e. The molecule has 0 unspecified atom stereocenters. The van der Waals surface area contributed by atoms with E-state index in [2.05, 4.69) is 0 Å². The number of carboxylic acids is 1. The van der Waals surface area contributed by atoms with Crippen molar-refractivity contribution in [3.05, 3.63) is 58.3 Å². The van der Waals surface area contributed by atoms with Gasteiger partial charge in [0.15, 0.2) is 5.78 Å². The molecule has 102 valence electrons. The Bertz CT molecular complexity index is 629. The van der Waals surface area contributed by atoms with Crippen LogP contribution in [-0.2, 0) is 4.79 Å². The third-order valence-corrected chi connectivity index (χ3v) is 3.15. The topological polar surface area (TPSA) is 66.4 Å². The summed E-state index contributed by atoms with van der Waals surface area (Å²) in [5, 5.41) is 14.2. The van der Waals surface area contributed by atoms with Crippen LogP contribution in [0.5, 0.6) is 5.75 Å². The summed E-state index contributed by atoms with van der Waals surface area (Å²) in [5.41, 5.74) is 1.40. The second-order valence-electron chi connectivity index (χ2n) is 3.94. The van der Waals surface area contributed by atoms with Crippen molar-refractivity contribution in [3.8, 4) is 5.75 Å². The molecule has 1 heterocycles. The molecular formula is C15H11O4S-. The van der Waals surface area contributed by atoms with Crippen LogP contribution in [0.4, 0.5) is 0 Å². The summed E-state index contributed by atoms with van der Waals surface area (Å²) in [6.07, 6.45) is 3.20. The molecule has 4 nitrogen and oxygen atoms in total. The number of allylic oxidation sites excluding steroid dienone is 1. The molecule has 0 radical (unpaired) electrons. The van der Waals surface area contributed by atoms with Gasteiger partial charge in [0, 0.05) is 5.56 Å². The minimum absolute atomic E-state index is 0.171. The lowest BCUT2D eigenvalue weighted by Crippen LogP contribution is -2.28. The van der Waals surface area contributed by atoms with Crippen molar-refractivity contribution in [2.75, 3.05) is 6.61 Å². The van der Waals surface area contributed by atoms with Gasteiger partial charge in [-0.15, -0.1) is 0 Å². The second kappa shape index (κ2) is 6.68. The predicted molar refractivity (Wildman–Crippen MR) is 74.6 cm³/mol. The quantitative estimate of drug-likeness (QED) is 0.600. The lowest BCUT2D eigenvalue weighted by molar-refractivity contribution is -0.307. The summed E-state index contributed by atoms with van der Waals surface area (Å²) < 4.78 is 4.97. The third-order valence-electron chi connectivity index (χ3n) is 2.45. The van der Waals surface area contributed by atoms with Gasteiger partial charge in [-0.05, 0) is 40.6 Å². The SMILES string of the molecule is O=C([O-])COc1cccc(C(=O)/C=C/c2ccsc2)c1. The van der Waals surface area contributed by atoms with Gasteiger partial charge in [-0.3, -0.25) is 4.79 Å². The summed E-state index contributed by atoms with van der Waals surface area (Å²) >= 11 is 1.55. The molecule has 0 saturated carbocycles. The number of hydrogen-bond donors (Lipinski definition) is 0. The molecule has 0 spiro atoms. The zero-order valence-corrected chi connectivity index (χ0v) is 11.3. The number of benzene rings is 1. The highest BCUT2D eigenvalue weighted by Crippen LogP contribution is 2.15. The van der Waals surface area contributed by atoms with Crippen LogP contribution in [-0.4, -0.2) is 18.4 Å². The fourth-order valence-corrected chi connectivity index (χ4v) is 2.15. The molecule has 1 aromatic carbocycles. The van der Waals surface area contributed by atoms with E-state index in [0.717, 1.165) is 5.56 Å². The van der Waals surface area contributed by atoms with Crippen molar-refractivity contribution in [1.82, 2.24) is 0 Å². The molecule has 0 bridgehead atoms. The van der Waals surface area contributed by atoms with Crippen LogP contribution >= 0.6 is 11.3 Å². The molecule has 2 aromatic rings. The molecule has 0 aliphatic rings. The van der Waals surface area contributed by atoms with Gasteiger partial charge in [-0.2, -0.15) is 11.3 Å². The van der Waals surface area contributed by atoms with Gasteiger partial charge in [-0.1, -0.05) is 18.2 Å². The van der Waals surface area contributed by atoms with Crippen molar-refractivity contribution in [2.45, 2.75) is 0 Å². The van der Waals surface area contributed by atoms with E-state index in [9.17, 15) is 14.7 Å². The molecule has 0 atom stereocenters. The summed E-state index contributed by atoms with van der Waals surface area (Å²) in [7, 11) is 0. The monoisotopic (exact) mass is 287 g/mol. The summed E-state index contributed by atoms with van der Waals surface area (Å²) in [5.74, 6) is -1.15. The Morgan fingerprint density at radius 3 is 2.85 bits per heavy atom. The van der Waals surface area contributed by atoms with Gasteiger partial charge in [0.1, 0.15) is 12.4 Å². The van der Waals surface area contributed by atoms with Crippen LogP contribution in [0.3, 0.4) is 0 Å². The number of carbonyl (C=O) groups excluding carboxylic acids is 2. The Hall–Kier alpha value is -2.40. The smallest absolute Gasteiger partial charge is 0.185 e. The highest BCUT2D eigenvalue weighted by atomic mass is 32.1. The highest BCUT2D eigenvalue weighted by molar-refractivity contribution is 7.08. The molecular weight excluding hydrogens is 276 g/mol. The molecule has 0 amide bonds. The lowest BCUT2D eigenvalue weighted by atomic mass is 10.1. The Kier molecular flexibility index (Phi) is 4.68. The molecule has 20 heavy (non-hydrogen) atoms. The van der Waals surface area contributed by atoms with Crippen molar-refractivity contribution in [1.29, 1.82) is 0 Å². The molecule has 0 N–H and O–H groups in total. The molecule has 5 heteroatoms. The number of ketones is 1. The predicted octanol–water partition coefficient (Wildman–Crippen LogP) is 1.77. The van der Waals surface area contributed by atoms with Crippen LogP contribution in [0.25, 0.3) is 6.08 Å². The largest absolute Gasteiger partial charge is 0.546 e. The van der Waals surface area contributed by atoms with E-state index in [1.807, 2.05) is 16.8 Å². The normalized spacial score (nSPS) is 10.6. The van der Waals surface area contributed by atoms with Crippen LogP contribution in [0.2, 0.25) is 0 Å². The van der Waals surface area contributed by atoms with Gasteiger partial charge in [0.05, 0.1) is 5.97 Å². The third kappa shape index (κ3) is 4.07. The second-order valence-corrected chi connectivity index (χ2v) is 4.72. The number of hydrogen-bond acceptors (Lipinski definition) is 5. The van der Waals surface area contributed by atoms with E-state index in [-0.39, 0.29) is 5.78 Å². The number of thiophene rings is 1. The number of ether oxygens (including phenoxy) is 1. The van der Waals surface area contributed by atoms with Gasteiger partial charge in [-0.25, -0.2) is 0 Å². The van der Waals surface area contributed by atoms with Crippen LogP contribution in [0.1, 0.15) is 15.9 Å². The Morgan fingerprint density at radius 2 is 2.15 bits per heavy atom. The van der Waals surface area contributed by atoms with E-state index < -0.39 is 12.6 Å². The molecule has 1 aromatic heterocycles. The van der Waals surface area contributed by atoms with E-state index in [0.29, 0.717) is 11.3 Å². The first-order valence-electron chi connectivity index (χ1n) is 5.82. The van der Waals surface area contributed by atoms with Gasteiger partial charge in [0.2, 0.25) is 0 Å². The lowest BCUT2D eigenvalue weighted by Gasteiger charge is -2.07. The minimum atomic E-state index is -1.31. The molecule has 2 rings (SSSR count). The zero-order valence-electron chi connectivity index (χ0n) is 10.4. The van der Waals surface area contributed by atoms with Crippen molar-refractivity contribution in [3.63, 3.8) is 0 Å². The van der Waals surface area contributed by atoms with E-state index in [4.69, 9.17) is 4.74 Å². The number of rotatable bonds is 6. The van der Waals surface area contributed by atoms with Crippen molar-refractivity contribution < 1.29 is 19.4 Å². The molecule has 0 aliphatic carbocycles. The first-order chi connectivity index (χ1) is 9.65. The summed E-state index contributed by atoms with van der Waals surface area (Å²) in [6, 6.07) is 8.28. The maximum absolute atomic E-state index is 12.0. The fraction of sp³-hybridized carbons (Fsp3) is 0.0667. The van der Waals surface area contributed by atoms with E-state index in [1.165, 1.54) is 12.1 Å². The maximum atomic E-state index is 12.0. The summed E-state index contributed by atoms with van der Waals surface area (Å²) in [4.78, 5) is 22.3. The number of carbonyl (C=O) groups is 2. The van der Waals surface area contributed by atoms with Gasteiger partial charge >= 0.3 is 0 Å². The van der Waals surface area contributed by atoms with Gasteiger partial charge < -0.3 is 14.6 Å². The molecule has 0 saturated heterocycles. The molecule has 0 fully saturated rings. The fourth-order valence-electron chi connectivity index (χ4n) is 1.52. The summed E-state index contributed by atoms with van der Waals surface area (Å²) in [6.45, 7) is -0.539. The zero-order chi connectivity index (χ0) is 14.4. The number of carboxylic acid groups (broad SMARTS) is 1. The molecule has 0 aliphatic heterocycles. The maximum Gasteiger partial charge on any atom is 0.185 e. The Labute approximate surface area is 119 Å². The first-order valence-corrected chi connectivity index (χ1v) is 6.77. The van der Waals surface area contributed by atoms with E-state index >= 15 is 0 Å². The van der Waals surface area contributed by atoms with E-state index in [1.54, 1.807) is 35.6 Å². The van der Waals surface area contributed by atoms with Crippen LogP contribution < -0.4 is 9.84 Å². The average molecular weight is 287 g/mol. The van der Waals surface area contributed by atoms with Crippen molar-refractivity contribution >= 4 is 29.2 Å². The van der Waals surface area contributed by atoms with Crippen molar-refractivity contribution in [2.24, 2.45) is 0 Å². The Morgan fingerprint density at radius 1 is 1.30 bits per heavy atom. The standard InChI is InChI=1S/C15H12O4S/c16-14(5-4-11-6-7-20-10-11)12-2-1-3-13(8-12)19-9-15(17)18/h1-8,10H,9H2,(H,17,18)/p-1/b5-4+. The Balaban J connectivity index is 2.06. The van der Waals surface area contributed by atoms with Crippen LogP contribution in [0.15, 0.2) is 47.2 Å². The number of aliphatic carboxylic acids is 1. The highest BCUT2D eigenvalue weighted by Gasteiger charge is 2.03. The van der Waals surface area contributed by atoms with Gasteiger partial charge in [0.25, 0.3) is 0 Å². The van der Waals surface area contributed by atoms with Crippen LogP contribution in [0, 0.1) is 0 Å².